The van der Waals surface area contributed by atoms with Crippen LogP contribution in [0.15, 0.2) is 35.0 Å². The molecule has 1 amide bonds. The largest absolute Gasteiger partial charge is 0.384 e. The molecule has 1 atom stereocenters. The van der Waals surface area contributed by atoms with E-state index in [-0.39, 0.29) is 31.1 Å². The Bertz CT molecular complexity index is 720. The van der Waals surface area contributed by atoms with E-state index in [1.54, 1.807) is 6.92 Å². The van der Waals surface area contributed by atoms with Crippen LogP contribution in [0.4, 0.5) is 0 Å². The van der Waals surface area contributed by atoms with Crippen molar-refractivity contribution in [3.63, 3.8) is 0 Å². The lowest BCUT2D eigenvalue weighted by atomic mass is 9.98. The Morgan fingerprint density at radius 3 is 2.62 bits per heavy atom. The minimum absolute atomic E-state index is 0.0315. The summed E-state index contributed by atoms with van der Waals surface area (Å²) in [5.74, 6) is -0.264. The van der Waals surface area contributed by atoms with E-state index in [0.29, 0.717) is 5.56 Å². The molecule has 2 rings (SSSR count). The molecule has 24 heavy (non-hydrogen) atoms. The van der Waals surface area contributed by atoms with E-state index < -0.39 is 5.60 Å². The summed E-state index contributed by atoms with van der Waals surface area (Å²) in [5, 5.41) is 16.8. The second kappa shape index (κ2) is 7.73. The maximum atomic E-state index is 12.3. The Balaban J connectivity index is 1.85. The molecule has 4 nitrogen and oxygen atoms in total. The van der Waals surface area contributed by atoms with Crippen molar-refractivity contribution in [3.05, 3.63) is 57.3 Å². The molecule has 128 valence electrons. The van der Waals surface area contributed by atoms with Crippen LogP contribution < -0.4 is 5.32 Å². The Morgan fingerprint density at radius 2 is 1.96 bits per heavy atom. The van der Waals surface area contributed by atoms with Crippen molar-refractivity contribution < 1.29 is 14.7 Å². The highest BCUT2D eigenvalue weighted by Gasteiger charge is 2.24. The van der Waals surface area contributed by atoms with Gasteiger partial charge in [0, 0.05) is 18.4 Å². The first-order valence-electron chi connectivity index (χ1n) is 7.92. The van der Waals surface area contributed by atoms with Gasteiger partial charge in [0.15, 0.2) is 5.78 Å². The molecule has 0 fully saturated rings. The molecule has 0 aliphatic heterocycles. The summed E-state index contributed by atoms with van der Waals surface area (Å²) in [6.07, 6.45) is 0.280. The highest BCUT2D eigenvalue weighted by Crippen LogP contribution is 2.22. The molecule has 5 heteroatoms. The maximum absolute atomic E-state index is 12.3. The smallest absolute Gasteiger partial charge is 0.220 e. The van der Waals surface area contributed by atoms with Crippen molar-refractivity contribution >= 4 is 23.0 Å². The Hall–Kier alpha value is -1.98. The van der Waals surface area contributed by atoms with Gasteiger partial charge in [0.25, 0.3) is 0 Å². The summed E-state index contributed by atoms with van der Waals surface area (Å²) in [6, 6.07) is 7.57. The lowest BCUT2D eigenvalue weighted by Crippen LogP contribution is -2.38. The first kappa shape index (κ1) is 18.4. The van der Waals surface area contributed by atoms with E-state index in [4.69, 9.17) is 0 Å². The van der Waals surface area contributed by atoms with Gasteiger partial charge in [-0.15, -0.1) is 0 Å². The molecule has 0 radical (unpaired) electrons. The molecule has 0 aliphatic rings. The van der Waals surface area contributed by atoms with Crippen molar-refractivity contribution in [2.45, 2.75) is 39.2 Å². The maximum Gasteiger partial charge on any atom is 0.220 e. The Morgan fingerprint density at radius 1 is 1.21 bits per heavy atom. The molecule has 2 aromatic rings. The van der Waals surface area contributed by atoms with Crippen molar-refractivity contribution in [3.8, 4) is 0 Å². The second-order valence-electron chi connectivity index (χ2n) is 6.30. The van der Waals surface area contributed by atoms with Crippen LogP contribution in [0.2, 0.25) is 0 Å². The quantitative estimate of drug-likeness (QED) is 0.756. The fourth-order valence-corrected chi connectivity index (χ4v) is 3.21. The zero-order chi connectivity index (χ0) is 17.7. The Labute approximate surface area is 146 Å². The molecule has 1 aromatic carbocycles. The first-order valence-corrected chi connectivity index (χ1v) is 8.86. The van der Waals surface area contributed by atoms with Crippen LogP contribution in [0.5, 0.6) is 0 Å². The summed E-state index contributed by atoms with van der Waals surface area (Å²) >= 11 is 1.50. The van der Waals surface area contributed by atoms with Gasteiger partial charge in [0.05, 0.1) is 6.54 Å². The highest BCUT2D eigenvalue weighted by atomic mass is 32.1. The molecule has 0 spiro atoms. The third kappa shape index (κ3) is 4.76. The van der Waals surface area contributed by atoms with Gasteiger partial charge in [0.1, 0.15) is 5.60 Å². The summed E-state index contributed by atoms with van der Waals surface area (Å²) in [5.41, 5.74) is 2.30. The van der Waals surface area contributed by atoms with E-state index in [2.05, 4.69) is 5.32 Å². The molecule has 1 aromatic heterocycles. The molecule has 2 N–H and O–H groups in total. The summed E-state index contributed by atoms with van der Waals surface area (Å²) in [7, 11) is 0. The molecular formula is C19H23NO3S. The van der Waals surface area contributed by atoms with E-state index >= 15 is 0 Å². The van der Waals surface area contributed by atoms with Crippen molar-refractivity contribution in [2.75, 3.05) is 6.54 Å². The lowest BCUT2D eigenvalue weighted by Gasteiger charge is -2.22. The average Bonchev–Trinajstić information content (AvgIpc) is 3.08. The van der Waals surface area contributed by atoms with Crippen molar-refractivity contribution in [1.82, 2.24) is 5.32 Å². The number of nitrogens with one attached hydrogen (secondary N) is 1. The number of benzene rings is 1. The fraction of sp³-hybridized carbons (Fsp3) is 0.368. The number of carbonyl (C=O) groups excluding carboxylic acids is 2. The third-order valence-corrected chi connectivity index (χ3v) is 4.73. The van der Waals surface area contributed by atoms with Gasteiger partial charge < -0.3 is 10.4 Å². The van der Waals surface area contributed by atoms with E-state index in [9.17, 15) is 14.7 Å². The zero-order valence-electron chi connectivity index (χ0n) is 14.3. The van der Waals surface area contributed by atoms with Gasteiger partial charge in [-0.05, 0) is 54.8 Å². The number of hydrogen-bond acceptors (Lipinski definition) is 4. The number of amides is 1. The molecule has 1 heterocycles. The Kier molecular flexibility index (Phi) is 5.91. The number of ketones is 1. The van der Waals surface area contributed by atoms with Crippen LogP contribution in [-0.2, 0) is 10.4 Å². The molecule has 0 saturated carbocycles. The summed E-state index contributed by atoms with van der Waals surface area (Å²) in [6.45, 7) is 5.62. The van der Waals surface area contributed by atoms with Gasteiger partial charge in [-0.2, -0.15) is 11.3 Å². The standard InChI is InChI=1S/C19H23NO3S/c1-13-4-5-14(2)16(10-13)17(21)6-7-18(22)20-12-19(3,23)15-8-9-24-11-15/h4-5,8-11,23H,6-7,12H2,1-3H3,(H,20,22). The minimum Gasteiger partial charge on any atom is -0.384 e. The average molecular weight is 345 g/mol. The van der Waals surface area contributed by atoms with Crippen molar-refractivity contribution in [2.24, 2.45) is 0 Å². The number of aliphatic hydroxyl groups is 1. The van der Waals surface area contributed by atoms with Crippen LogP contribution in [0.25, 0.3) is 0 Å². The predicted molar refractivity (Wildman–Crippen MR) is 96.4 cm³/mol. The van der Waals surface area contributed by atoms with Crippen LogP contribution >= 0.6 is 11.3 Å². The molecule has 0 saturated heterocycles. The molecule has 1 unspecified atom stereocenters. The van der Waals surface area contributed by atoms with Gasteiger partial charge in [-0.1, -0.05) is 17.7 Å². The van der Waals surface area contributed by atoms with E-state index in [1.807, 2.05) is 48.9 Å². The van der Waals surface area contributed by atoms with Gasteiger partial charge in [-0.25, -0.2) is 0 Å². The van der Waals surface area contributed by atoms with E-state index in [1.165, 1.54) is 11.3 Å². The van der Waals surface area contributed by atoms with Gasteiger partial charge in [-0.3, -0.25) is 9.59 Å². The van der Waals surface area contributed by atoms with Crippen LogP contribution in [-0.4, -0.2) is 23.3 Å². The minimum atomic E-state index is -1.10. The monoisotopic (exact) mass is 345 g/mol. The third-order valence-electron chi connectivity index (χ3n) is 4.05. The predicted octanol–water partition coefficient (Wildman–Crippen LogP) is 3.35. The van der Waals surface area contributed by atoms with Crippen LogP contribution in [0.1, 0.15) is 46.8 Å². The number of rotatable bonds is 7. The number of hydrogen-bond donors (Lipinski definition) is 2. The van der Waals surface area contributed by atoms with Crippen LogP contribution in [0, 0.1) is 13.8 Å². The molecular weight excluding hydrogens is 322 g/mol. The topological polar surface area (TPSA) is 66.4 Å². The van der Waals surface area contributed by atoms with E-state index in [0.717, 1.165) is 16.7 Å². The van der Waals surface area contributed by atoms with Crippen molar-refractivity contribution in [1.29, 1.82) is 0 Å². The fourth-order valence-electron chi connectivity index (χ4n) is 2.43. The number of thiophene rings is 1. The van der Waals surface area contributed by atoms with Crippen LogP contribution in [0.3, 0.4) is 0 Å². The first-order chi connectivity index (χ1) is 11.3. The SMILES string of the molecule is Cc1ccc(C)c(C(=O)CCC(=O)NCC(C)(O)c2ccsc2)c1. The zero-order valence-corrected chi connectivity index (χ0v) is 15.1. The molecule has 0 aliphatic carbocycles. The lowest BCUT2D eigenvalue weighted by molar-refractivity contribution is -0.122. The van der Waals surface area contributed by atoms with Gasteiger partial charge in [0.2, 0.25) is 5.91 Å². The summed E-state index contributed by atoms with van der Waals surface area (Å²) < 4.78 is 0. The number of carbonyl (C=O) groups is 2. The normalized spacial score (nSPS) is 13.3. The number of Topliss-reactive ketones (excluding diaryl/α,β-unsaturated/α-hetero) is 1. The highest BCUT2D eigenvalue weighted by molar-refractivity contribution is 7.08. The second-order valence-corrected chi connectivity index (χ2v) is 7.08. The summed E-state index contributed by atoms with van der Waals surface area (Å²) in [4.78, 5) is 24.3. The molecule has 0 bridgehead atoms. The number of aryl methyl sites for hydroxylation is 2. The van der Waals surface area contributed by atoms with Gasteiger partial charge >= 0.3 is 0 Å².